The number of piperazine rings is 1. The molecule has 4 rings (SSSR count). The number of amides is 1. The van der Waals surface area contributed by atoms with Gasteiger partial charge in [-0.2, -0.15) is 31.4 Å². The minimum absolute atomic E-state index is 0.0106. The van der Waals surface area contributed by atoms with Crippen LogP contribution < -0.4 is 10.5 Å². The first kappa shape index (κ1) is 26.8. The molecule has 1 atom stereocenters. The average Bonchev–Trinajstić information content (AvgIpc) is 2.85. The Morgan fingerprint density at radius 2 is 1.70 bits per heavy atom. The third-order valence-electron chi connectivity index (χ3n) is 6.17. The van der Waals surface area contributed by atoms with Crippen LogP contribution in [0.4, 0.5) is 32.3 Å². The summed E-state index contributed by atoms with van der Waals surface area (Å²) in [5.74, 6) is -0.0579. The number of morpholine rings is 1. The molecule has 4 heterocycles. The third-order valence-corrected chi connectivity index (χ3v) is 6.17. The number of nitrogens with one attached hydrogen (secondary N) is 1. The van der Waals surface area contributed by atoms with E-state index < -0.39 is 35.1 Å². The fourth-order valence-electron chi connectivity index (χ4n) is 4.15. The van der Waals surface area contributed by atoms with Crippen molar-refractivity contribution in [2.75, 3.05) is 50.8 Å². The van der Waals surface area contributed by atoms with Crippen LogP contribution in [0.3, 0.4) is 0 Å². The molecule has 1 N–H and O–H groups in total. The van der Waals surface area contributed by atoms with Gasteiger partial charge in [0.05, 0.1) is 24.5 Å². The van der Waals surface area contributed by atoms with Crippen molar-refractivity contribution in [3.63, 3.8) is 0 Å². The Morgan fingerprint density at radius 3 is 2.32 bits per heavy atom. The lowest BCUT2D eigenvalue weighted by Gasteiger charge is -2.38. The molecule has 0 aliphatic carbocycles. The molecule has 202 valence electrons. The van der Waals surface area contributed by atoms with Gasteiger partial charge in [0.25, 0.3) is 5.56 Å². The van der Waals surface area contributed by atoms with Crippen molar-refractivity contribution in [2.24, 2.45) is 0 Å². The zero-order valence-corrected chi connectivity index (χ0v) is 19.3. The highest BCUT2D eigenvalue weighted by molar-refractivity contribution is 5.77. The summed E-state index contributed by atoms with van der Waals surface area (Å²) < 4.78 is 82.8. The molecule has 0 aromatic carbocycles. The van der Waals surface area contributed by atoms with Crippen molar-refractivity contribution < 1.29 is 35.9 Å². The van der Waals surface area contributed by atoms with Gasteiger partial charge in [-0.3, -0.25) is 14.5 Å². The van der Waals surface area contributed by atoms with E-state index in [4.69, 9.17) is 4.74 Å². The number of H-pyrrole nitrogens is 1. The number of halogens is 6. The van der Waals surface area contributed by atoms with Gasteiger partial charge in [-0.25, -0.2) is 15.1 Å². The molecule has 10 nitrogen and oxygen atoms in total. The van der Waals surface area contributed by atoms with Gasteiger partial charge >= 0.3 is 12.4 Å². The Morgan fingerprint density at radius 1 is 1.03 bits per heavy atom. The molecule has 0 saturated carbocycles. The van der Waals surface area contributed by atoms with Crippen LogP contribution in [0.15, 0.2) is 23.3 Å². The Bertz CT molecular complexity index is 1150. The van der Waals surface area contributed by atoms with Gasteiger partial charge in [0, 0.05) is 64.1 Å². The maximum absolute atomic E-state index is 13.1. The summed E-state index contributed by atoms with van der Waals surface area (Å²) in [6.45, 7) is 2.11. The molecular weight excluding hydrogens is 512 g/mol. The molecule has 2 aromatic heterocycles. The second-order valence-electron chi connectivity index (χ2n) is 8.64. The predicted molar refractivity (Wildman–Crippen MR) is 115 cm³/mol. The molecule has 16 heteroatoms. The van der Waals surface area contributed by atoms with E-state index in [0.717, 1.165) is 0 Å². The standard InChI is InChI=1S/C21H23F6N7O3/c22-20(23,24)13-9-28-19(29-10-13)33-3-1-32(2-4-33)17(35)8-15-12-37-6-5-34(15)11-14-7-16(21(25,26)27)18(36)31-30-14/h7,9-10,15H,1-6,8,11-12H2,(H,31,36)/t15-/m1/s1. The summed E-state index contributed by atoms with van der Waals surface area (Å²) >= 11 is 0. The van der Waals surface area contributed by atoms with E-state index >= 15 is 0 Å². The van der Waals surface area contributed by atoms with Gasteiger partial charge < -0.3 is 14.5 Å². The molecule has 2 saturated heterocycles. The summed E-state index contributed by atoms with van der Waals surface area (Å²) in [5, 5.41) is 5.58. The normalized spacial score (nSPS) is 19.8. The van der Waals surface area contributed by atoms with Gasteiger partial charge in [0.1, 0.15) is 5.56 Å². The van der Waals surface area contributed by atoms with E-state index in [9.17, 15) is 35.9 Å². The lowest BCUT2D eigenvalue weighted by molar-refractivity contribution is -0.139. The number of hydrogen-bond acceptors (Lipinski definition) is 8. The first-order chi connectivity index (χ1) is 17.4. The number of anilines is 1. The van der Waals surface area contributed by atoms with Crippen LogP contribution in [-0.2, 0) is 28.4 Å². The fourth-order valence-corrected chi connectivity index (χ4v) is 4.15. The minimum atomic E-state index is -4.82. The van der Waals surface area contributed by atoms with Crippen molar-refractivity contribution in [2.45, 2.75) is 31.4 Å². The molecule has 2 aliphatic heterocycles. The third kappa shape index (κ3) is 6.54. The van der Waals surface area contributed by atoms with E-state index in [1.165, 1.54) is 0 Å². The Kier molecular flexibility index (Phi) is 7.68. The van der Waals surface area contributed by atoms with Crippen molar-refractivity contribution in [3.05, 3.63) is 45.6 Å². The lowest BCUT2D eigenvalue weighted by Crippen LogP contribution is -2.52. The number of carbonyl (C=O) groups is 1. The molecule has 2 fully saturated rings. The monoisotopic (exact) mass is 535 g/mol. The number of aromatic nitrogens is 4. The number of nitrogens with zero attached hydrogens (tertiary/aromatic N) is 6. The molecule has 1 amide bonds. The van der Waals surface area contributed by atoms with Crippen LogP contribution >= 0.6 is 0 Å². The molecule has 0 unspecified atom stereocenters. The Hall–Kier alpha value is -3.27. The average molecular weight is 535 g/mol. The highest BCUT2D eigenvalue weighted by Gasteiger charge is 2.36. The lowest BCUT2D eigenvalue weighted by atomic mass is 10.1. The topological polar surface area (TPSA) is 108 Å². The van der Waals surface area contributed by atoms with E-state index in [0.29, 0.717) is 57.8 Å². The summed E-state index contributed by atoms with van der Waals surface area (Å²) in [6, 6.07) is 0.288. The van der Waals surface area contributed by atoms with Crippen LogP contribution in [0.25, 0.3) is 0 Å². The number of rotatable bonds is 5. The maximum atomic E-state index is 13.1. The quantitative estimate of drug-likeness (QED) is 0.575. The van der Waals surface area contributed by atoms with Crippen molar-refractivity contribution >= 4 is 11.9 Å². The second-order valence-corrected chi connectivity index (χ2v) is 8.64. The van der Waals surface area contributed by atoms with Crippen molar-refractivity contribution in [3.8, 4) is 0 Å². The molecule has 2 aliphatic rings. The summed E-state index contributed by atoms with van der Waals surface area (Å²) in [6.07, 6.45) is -7.88. The van der Waals surface area contributed by atoms with Gasteiger partial charge in [-0.05, 0) is 6.07 Å². The highest BCUT2D eigenvalue weighted by atomic mass is 19.4. The number of ether oxygens (including phenoxy) is 1. The Balaban J connectivity index is 1.34. The Labute approximate surface area is 206 Å². The van der Waals surface area contributed by atoms with Gasteiger partial charge in [0.15, 0.2) is 0 Å². The number of carbonyl (C=O) groups excluding carboxylic acids is 1. The number of alkyl halides is 6. The van der Waals surface area contributed by atoms with Crippen LogP contribution in [0.1, 0.15) is 23.2 Å². The second kappa shape index (κ2) is 10.6. The molecule has 37 heavy (non-hydrogen) atoms. The van der Waals surface area contributed by atoms with Crippen LogP contribution in [0.2, 0.25) is 0 Å². The van der Waals surface area contributed by atoms with Crippen molar-refractivity contribution in [1.29, 1.82) is 0 Å². The SMILES string of the molecule is O=C(C[C@@H]1COCCN1Cc1cc(C(F)(F)F)c(=O)[nH]n1)N1CCN(c2ncc(C(F)(F)F)cn2)CC1. The fraction of sp³-hybridized carbons (Fsp3) is 0.571. The predicted octanol–water partition coefficient (Wildman–Crippen LogP) is 1.54. The molecule has 0 bridgehead atoms. The molecule has 0 spiro atoms. The minimum Gasteiger partial charge on any atom is -0.378 e. The number of hydrogen-bond donors (Lipinski definition) is 1. The van der Waals surface area contributed by atoms with Gasteiger partial charge in [-0.15, -0.1) is 0 Å². The summed E-state index contributed by atoms with van der Waals surface area (Å²) in [5.41, 5.74) is -3.61. The smallest absolute Gasteiger partial charge is 0.378 e. The van der Waals surface area contributed by atoms with E-state index in [1.54, 1.807) is 14.7 Å². The maximum Gasteiger partial charge on any atom is 0.421 e. The van der Waals surface area contributed by atoms with Crippen LogP contribution in [0, 0.1) is 0 Å². The first-order valence-electron chi connectivity index (χ1n) is 11.3. The summed E-state index contributed by atoms with van der Waals surface area (Å²) in [4.78, 5) is 37.1. The van der Waals surface area contributed by atoms with Crippen LogP contribution in [-0.4, -0.2) is 87.9 Å². The van der Waals surface area contributed by atoms with E-state index in [2.05, 4.69) is 15.1 Å². The van der Waals surface area contributed by atoms with E-state index in [-0.39, 0.29) is 37.1 Å². The molecule has 2 aromatic rings. The van der Waals surface area contributed by atoms with E-state index in [1.807, 2.05) is 5.10 Å². The number of aromatic amines is 1. The highest BCUT2D eigenvalue weighted by Crippen LogP contribution is 2.29. The van der Waals surface area contributed by atoms with Crippen molar-refractivity contribution in [1.82, 2.24) is 30.0 Å². The first-order valence-corrected chi connectivity index (χ1v) is 11.3. The van der Waals surface area contributed by atoms with Gasteiger partial charge in [-0.1, -0.05) is 0 Å². The molecule has 0 radical (unpaired) electrons. The van der Waals surface area contributed by atoms with Gasteiger partial charge in [0.2, 0.25) is 11.9 Å². The van der Waals surface area contributed by atoms with Crippen LogP contribution in [0.5, 0.6) is 0 Å². The zero-order valence-electron chi connectivity index (χ0n) is 19.3. The molecular formula is C21H23F6N7O3. The summed E-state index contributed by atoms with van der Waals surface area (Å²) in [7, 11) is 0. The zero-order chi connectivity index (χ0) is 26.8. The largest absolute Gasteiger partial charge is 0.421 e.